The summed E-state index contributed by atoms with van der Waals surface area (Å²) >= 11 is 0. The van der Waals surface area contributed by atoms with E-state index in [4.69, 9.17) is 5.11 Å². The van der Waals surface area contributed by atoms with Gasteiger partial charge in [0.25, 0.3) is 0 Å². The largest absolute Gasteiger partial charge is 0.480 e. The van der Waals surface area contributed by atoms with E-state index in [0.717, 1.165) is 6.54 Å². The highest BCUT2D eigenvalue weighted by molar-refractivity contribution is 5.72. The molecule has 0 saturated carbocycles. The van der Waals surface area contributed by atoms with Crippen molar-refractivity contribution in [3.05, 3.63) is 0 Å². The first-order chi connectivity index (χ1) is 6.34. The lowest BCUT2D eigenvalue weighted by Crippen LogP contribution is -2.48. The molecule has 0 rings (SSSR count). The average Bonchev–Trinajstić information content (AvgIpc) is 2.01. The number of carboxylic acid groups (broad SMARTS) is 1. The molecule has 2 N–H and O–H groups in total. The van der Waals surface area contributed by atoms with Crippen LogP contribution in [0.3, 0.4) is 0 Å². The molecule has 0 aromatic heterocycles. The third-order valence-electron chi connectivity index (χ3n) is 2.20. The zero-order valence-electron chi connectivity index (χ0n) is 9.74. The van der Waals surface area contributed by atoms with Crippen molar-refractivity contribution in [3.8, 4) is 0 Å². The van der Waals surface area contributed by atoms with Gasteiger partial charge in [0.1, 0.15) is 6.04 Å². The van der Waals surface area contributed by atoms with Crippen LogP contribution in [-0.4, -0.2) is 48.7 Å². The van der Waals surface area contributed by atoms with Gasteiger partial charge in [-0.2, -0.15) is 0 Å². The van der Waals surface area contributed by atoms with E-state index in [2.05, 4.69) is 24.1 Å². The summed E-state index contributed by atoms with van der Waals surface area (Å²) in [5.74, 6) is -0.367. The fourth-order valence-electron chi connectivity index (χ4n) is 1.24. The first-order valence-electron chi connectivity index (χ1n) is 4.98. The van der Waals surface area contributed by atoms with E-state index in [1.54, 1.807) is 6.92 Å². The van der Waals surface area contributed by atoms with Crippen molar-refractivity contribution in [2.24, 2.45) is 5.92 Å². The Labute approximate surface area is 86.3 Å². The summed E-state index contributed by atoms with van der Waals surface area (Å²) in [5, 5.41) is 11.9. The minimum atomic E-state index is -0.797. The standard InChI is InChI=1S/C10H22N2O2/c1-7(2)9(6-12(4)5)11-8(3)10(13)14/h7-9,11H,6H2,1-5H3,(H,13,14). The van der Waals surface area contributed by atoms with Crippen LogP contribution in [-0.2, 0) is 4.79 Å². The molecule has 0 bridgehead atoms. The van der Waals surface area contributed by atoms with Crippen molar-refractivity contribution in [2.45, 2.75) is 32.9 Å². The van der Waals surface area contributed by atoms with Gasteiger partial charge in [0.05, 0.1) is 0 Å². The van der Waals surface area contributed by atoms with Crippen molar-refractivity contribution in [2.75, 3.05) is 20.6 Å². The van der Waals surface area contributed by atoms with Crippen LogP contribution in [0.25, 0.3) is 0 Å². The maximum absolute atomic E-state index is 10.7. The second-order valence-corrected chi connectivity index (χ2v) is 4.34. The molecule has 2 unspecified atom stereocenters. The minimum Gasteiger partial charge on any atom is -0.480 e. The normalized spacial score (nSPS) is 15.9. The van der Waals surface area contributed by atoms with Gasteiger partial charge in [0.15, 0.2) is 0 Å². The molecule has 0 spiro atoms. The molecule has 0 aliphatic rings. The summed E-state index contributed by atoms with van der Waals surface area (Å²) in [7, 11) is 3.98. The van der Waals surface area contributed by atoms with Gasteiger partial charge in [-0.1, -0.05) is 13.8 Å². The van der Waals surface area contributed by atoms with Gasteiger partial charge >= 0.3 is 5.97 Å². The van der Waals surface area contributed by atoms with Crippen LogP contribution >= 0.6 is 0 Å². The zero-order chi connectivity index (χ0) is 11.3. The topological polar surface area (TPSA) is 52.6 Å². The van der Waals surface area contributed by atoms with E-state index in [9.17, 15) is 4.79 Å². The lowest BCUT2D eigenvalue weighted by molar-refractivity contribution is -0.139. The van der Waals surface area contributed by atoms with Gasteiger partial charge < -0.3 is 15.3 Å². The third kappa shape index (κ3) is 5.19. The number of likely N-dealkylation sites (N-methyl/N-ethyl adjacent to an activating group) is 1. The first-order valence-corrected chi connectivity index (χ1v) is 4.98. The van der Waals surface area contributed by atoms with E-state index in [1.807, 2.05) is 14.1 Å². The smallest absolute Gasteiger partial charge is 0.320 e. The van der Waals surface area contributed by atoms with E-state index in [0.29, 0.717) is 5.92 Å². The molecule has 0 saturated heterocycles. The molecule has 2 atom stereocenters. The second kappa shape index (κ2) is 5.98. The summed E-state index contributed by atoms with van der Waals surface area (Å²) in [4.78, 5) is 12.7. The van der Waals surface area contributed by atoms with Gasteiger partial charge in [-0.25, -0.2) is 0 Å². The number of rotatable bonds is 6. The molecule has 0 heterocycles. The molecule has 0 aromatic carbocycles. The van der Waals surface area contributed by atoms with Crippen molar-refractivity contribution in [1.82, 2.24) is 10.2 Å². The van der Waals surface area contributed by atoms with Crippen molar-refractivity contribution >= 4 is 5.97 Å². The Hall–Kier alpha value is -0.610. The van der Waals surface area contributed by atoms with Crippen LogP contribution in [0.5, 0.6) is 0 Å². The SMILES string of the molecule is CC(NC(CN(C)C)C(C)C)C(=O)O. The highest BCUT2D eigenvalue weighted by Gasteiger charge is 2.19. The lowest BCUT2D eigenvalue weighted by atomic mass is 10.0. The highest BCUT2D eigenvalue weighted by atomic mass is 16.4. The summed E-state index contributed by atoms with van der Waals surface area (Å²) < 4.78 is 0. The summed E-state index contributed by atoms with van der Waals surface area (Å²) in [6.45, 7) is 6.72. The molecular weight excluding hydrogens is 180 g/mol. The van der Waals surface area contributed by atoms with Crippen molar-refractivity contribution in [1.29, 1.82) is 0 Å². The molecule has 0 amide bonds. The van der Waals surface area contributed by atoms with Gasteiger partial charge in [-0.05, 0) is 26.9 Å². The van der Waals surface area contributed by atoms with Crippen LogP contribution in [0.15, 0.2) is 0 Å². The zero-order valence-corrected chi connectivity index (χ0v) is 9.74. The van der Waals surface area contributed by atoms with Crippen LogP contribution in [0.1, 0.15) is 20.8 Å². The van der Waals surface area contributed by atoms with E-state index in [1.165, 1.54) is 0 Å². The Morgan fingerprint density at radius 2 is 1.86 bits per heavy atom. The number of hydrogen-bond donors (Lipinski definition) is 2. The summed E-state index contributed by atoms with van der Waals surface area (Å²) in [6, 6.07) is -0.265. The van der Waals surface area contributed by atoms with Crippen LogP contribution in [0.2, 0.25) is 0 Å². The predicted octanol–water partition coefficient (Wildman–Crippen LogP) is 0.635. The van der Waals surface area contributed by atoms with Crippen molar-refractivity contribution < 1.29 is 9.90 Å². The Morgan fingerprint density at radius 3 is 2.14 bits per heavy atom. The number of hydrogen-bond acceptors (Lipinski definition) is 3. The molecule has 84 valence electrons. The number of carboxylic acids is 1. The van der Waals surface area contributed by atoms with Crippen molar-refractivity contribution in [3.63, 3.8) is 0 Å². The molecule has 0 aromatic rings. The molecule has 0 aliphatic carbocycles. The number of nitrogens with one attached hydrogen (secondary N) is 1. The quantitative estimate of drug-likeness (QED) is 0.663. The predicted molar refractivity (Wildman–Crippen MR) is 57.4 cm³/mol. The third-order valence-corrected chi connectivity index (χ3v) is 2.20. The minimum absolute atomic E-state index is 0.219. The van der Waals surface area contributed by atoms with Crippen LogP contribution < -0.4 is 5.32 Å². The fraction of sp³-hybridized carbons (Fsp3) is 0.900. The number of carbonyl (C=O) groups is 1. The Morgan fingerprint density at radius 1 is 1.36 bits per heavy atom. The maximum Gasteiger partial charge on any atom is 0.320 e. The van der Waals surface area contributed by atoms with E-state index in [-0.39, 0.29) is 6.04 Å². The Bertz CT molecular complexity index is 181. The van der Waals surface area contributed by atoms with Gasteiger partial charge in [-0.15, -0.1) is 0 Å². The maximum atomic E-state index is 10.7. The summed E-state index contributed by atoms with van der Waals surface area (Å²) in [5.41, 5.74) is 0. The van der Waals surface area contributed by atoms with Crippen LogP contribution in [0.4, 0.5) is 0 Å². The number of nitrogens with zero attached hydrogens (tertiary/aromatic N) is 1. The van der Waals surface area contributed by atoms with E-state index < -0.39 is 12.0 Å². The molecule has 14 heavy (non-hydrogen) atoms. The molecule has 0 fully saturated rings. The molecule has 0 aliphatic heterocycles. The molecule has 4 heteroatoms. The first kappa shape index (κ1) is 13.4. The van der Waals surface area contributed by atoms with Gasteiger partial charge in [0.2, 0.25) is 0 Å². The fourth-order valence-corrected chi connectivity index (χ4v) is 1.24. The number of aliphatic carboxylic acids is 1. The average molecular weight is 202 g/mol. The van der Waals surface area contributed by atoms with Gasteiger partial charge in [-0.3, -0.25) is 4.79 Å². The summed E-state index contributed by atoms with van der Waals surface area (Å²) in [6.07, 6.45) is 0. The Kier molecular flexibility index (Phi) is 5.72. The molecule has 4 nitrogen and oxygen atoms in total. The lowest BCUT2D eigenvalue weighted by Gasteiger charge is -2.27. The van der Waals surface area contributed by atoms with E-state index >= 15 is 0 Å². The molecule has 0 radical (unpaired) electrons. The monoisotopic (exact) mass is 202 g/mol. The highest BCUT2D eigenvalue weighted by Crippen LogP contribution is 2.03. The van der Waals surface area contributed by atoms with Gasteiger partial charge in [0, 0.05) is 12.6 Å². The molecular formula is C10H22N2O2. The van der Waals surface area contributed by atoms with Crippen LogP contribution in [0, 0.1) is 5.92 Å². The Balaban J connectivity index is 4.16. The second-order valence-electron chi connectivity index (χ2n) is 4.34.